The van der Waals surface area contributed by atoms with Crippen molar-refractivity contribution >= 4 is 29.3 Å². The van der Waals surface area contributed by atoms with Gasteiger partial charge in [0, 0.05) is 127 Å². The quantitative estimate of drug-likeness (QED) is 0.0207. The number of carboxylic acid groups (broad SMARTS) is 3. The normalized spacial score (nSPS) is 11.9. The van der Waals surface area contributed by atoms with Gasteiger partial charge in [-0.15, -0.1) is 13.2 Å². The molecule has 21 nitrogen and oxygen atoms in total. The first-order valence-corrected chi connectivity index (χ1v) is 43.8. The molecule has 0 radical (unpaired) electrons. The summed E-state index contributed by atoms with van der Waals surface area (Å²) in [5.74, 6) is 0.454. The maximum Gasteiger partial charge on any atom is 0.573 e. The SMILES string of the molecule is Cc1cccc(COc2ccccc2CN(CC[C@H](N)C(=O)O)Cc2c(OCc3cccc(C)c3)cccc2OC(F)(F)F)c1.Cc1cccc(COc2ccccc2CN(CC[C@H](N)C(=O)O)Cc2ccc(N(C)C)cc2OCc2cccc(C)c2)c1.Cc1cccc(COc2ccccc2CN(CC[C@H](N)C(=O)O)Cc2cccc(N(C)C)c2OCc2cccc(C)c2)c1. The maximum atomic E-state index is 13.5. The van der Waals surface area contributed by atoms with E-state index < -0.39 is 48.1 Å². The van der Waals surface area contributed by atoms with E-state index in [-0.39, 0.29) is 44.0 Å². The lowest BCUT2D eigenvalue weighted by Gasteiger charge is -2.27. The number of benzene rings is 12. The Morgan fingerprint density at radius 3 is 0.931 bits per heavy atom. The molecule has 0 heterocycles. The first-order valence-electron chi connectivity index (χ1n) is 43.8. The van der Waals surface area contributed by atoms with Gasteiger partial charge in [0.25, 0.3) is 0 Å². The van der Waals surface area contributed by atoms with Crippen LogP contribution >= 0.6 is 0 Å². The Balaban J connectivity index is 0.000000204. The number of ether oxygens (including phenoxy) is 7. The van der Waals surface area contributed by atoms with Crippen molar-refractivity contribution in [3.63, 3.8) is 0 Å². The fourth-order valence-corrected chi connectivity index (χ4v) is 14.9. The minimum atomic E-state index is -4.93. The van der Waals surface area contributed by atoms with Crippen LogP contribution in [0.4, 0.5) is 24.5 Å². The third kappa shape index (κ3) is 33.4. The van der Waals surface area contributed by atoms with Gasteiger partial charge in [-0.05, 0) is 137 Å². The number of hydrogen-bond donors (Lipinski definition) is 6. The second-order valence-corrected chi connectivity index (χ2v) is 33.4. The number of aryl methyl sites for hydroxylation is 6. The summed E-state index contributed by atoms with van der Waals surface area (Å²) in [5, 5.41) is 28.3. The Kier molecular flexibility index (Phi) is 38.2. The molecular weight excluding hydrogens is 1660 g/mol. The Morgan fingerprint density at radius 2 is 0.595 bits per heavy atom. The molecule has 0 saturated carbocycles. The molecule has 3 atom stereocenters. The van der Waals surface area contributed by atoms with Crippen LogP contribution < -0.4 is 60.2 Å². The zero-order chi connectivity index (χ0) is 93.9. The predicted octanol–water partition coefficient (Wildman–Crippen LogP) is 19.8. The molecule has 12 aromatic rings. The minimum Gasteiger partial charge on any atom is -0.489 e. The fraction of sp³-hybridized carbons (Fsp3) is 0.299. The second kappa shape index (κ2) is 50.1. The van der Waals surface area contributed by atoms with E-state index in [0.29, 0.717) is 90.9 Å². The Labute approximate surface area is 768 Å². The molecule has 0 fully saturated rings. The van der Waals surface area contributed by atoms with E-state index in [1.54, 1.807) is 6.07 Å². The van der Waals surface area contributed by atoms with Gasteiger partial charge in [0.15, 0.2) is 0 Å². The molecule has 0 saturated heterocycles. The van der Waals surface area contributed by atoms with Crippen LogP contribution in [0.25, 0.3) is 0 Å². The van der Waals surface area contributed by atoms with Crippen molar-refractivity contribution in [2.45, 2.75) is 164 Å². The molecule has 12 aromatic carbocycles. The topological polar surface area (TPSA) is 271 Å². The van der Waals surface area contributed by atoms with Crippen molar-refractivity contribution in [3.8, 4) is 40.2 Å². The van der Waals surface area contributed by atoms with Crippen LogP contribution in [0, 0.1) is 41.5 Å². The molecule has 131 heavy (non-hydrogen) atoms. The first-order chi connectivity index (χ1) is 62.8. The molecule has 0 aliphatic heterocycles. The number of para-hydroxylation sites is 4. The summed E-state index contributed by atoms with van der Waals surface area (Å²) in [4.78, 5) is 44.9. The number of carbonyl (C=O) groups is 3. The van der Waals surface area contributed by atoms with Crippen molar-refractivity contribution in [1.29, 1.82) is 0 Å². The summed E-state index contributed by atoms with van der Waals surface area (Å²) in [6.45, 7) is 18.0. The third-order valence-electron chi connectivity index (χ3n) is 21.8. The average molecular weight is 1790 g/mol. The highest BCUT2D eigenvalue weighted by atomic mass is 19.4. The van der Waals surface area contributed by atoms with Crippen LogP contribution in [0.1, 0.15) is 119 Å². The van der Waals surface area contributed by atoms with Crippen LogP contribution in [0.15, 0.2) is 273 Å². The second-order valence-electron chi connectivity index (χ2n) is 33.4. The van der Waals surface area contributed by atoms with Crippen LogP contribution in [0.5, 0.6) is 40.2 Å². The van der Waals surface area contributed by atoms with E-state index in [1.807, 2.05) is 197 Å². The molecule has 690 valence electrons. The lowest BCUT2D eigenvalue weighted by Crippen LogP contribution is -2.35. The van der Waals surface area contributed by atoms with Gasteiger partial charge in [-0.2, -0.15) is 0 Å². The zero-order valence-electron chi connectivity index (χ0n) is 76.5. The highest BCUT2D eigenvalue weighted by Gasteiger charge is 2.34. The summed E-state index contributed by atoms with van der Waals surface area (Å²) in [6.07, 6.45) is -4.24. The summed E-state index contributed by atoms with van der Waals surface area (Å²) < 4.78 is 82.6. The van der Waals surface area contributed by atoms with E-state index >= 15 is 0 Å². The molecule has 0 aliphatic carbocycles. The molecular formula is C107H123F3N8O13. The number of alkyl halides is 3. The van der Waals surface area contributed by atoms with Crippen molar-refractivity contribution in [3.05, 3.63) is 373 Å². The fourth-order valence-electron chi connectivity index (χ4n) is 14.9. The van der Waals surface area contributed by atoms with Gasteiger partial charge in [0.1, 0.15) is 98.0 Å². The van der Waals surface area contributed by atoms with Crippen LogP contribution in [0.2, 0.25) is 0 Å². The number of carboxylic acids is 3. The summed E-state index contributed by atoms with van der Waals surface area (Å²) >= 11 is 0. The van der Waals surface area contributed by atoms with Gasteiger partial charge in [-0.3, -0.25) is 29.1 Å². The van der Waals surface area contributed by atoms with Gasteiger partial charge < -0.3 is 75.5 Å². The Morgan fingerprint density at radius 1 is 0.313 bits per heavy atom. The van der Waals surface area contributed by atoms with Gasteiger partial charge in [0.05, 0.1) is 11.3 Å². The average Bonchev–Trinajstić information content (AvgIpc) is 0.836. The van der Waals surface area contributed by atoms with Crippen molar-refractivity contribution in [2.75, 3.05) is 57.6 Å². The Hall–Kier alpha value is -13.2. The third-order valence-corrected chi connectivity index (χ3v) is 21.8. The van der Waals surface area contributed by atoms with Crippen molar-refractivity contribution in [2.24, 2.45) is 17.2 Å². The van der Waals surface area contributed by atoms with Gasteiger partial charge in [-0.25, -0.2) is 0 Å². The molecule has 0 aliphatic rings. The smallest absolute Gasteiger partial charge is 0.489 e. The first kappa shape index (κ1) is 100.0. The van der Waals surface area contributed by atoms with Gasteiger partial charge >= 0.3 is 24.3 Å². The standard InChI is InChI=1S/2C36H43N3O4.C35H37F3N2O5/c1-26-10-7-12-28(20-26)24-42-34-17-6-5-14-30(34)22-39(19-18-32(37)36(40)41)23-31-15-9-16-33(38(3)4)35(31)43-25-29-13-8-11-27(2)21-29;1-26-9-7-11-28(19-26)24-42-34-14-6-5-13-30(34)22-39(18-17-33(37)36(40)41)23-31-15-16-32(38(3)4)21-35(31)43-25-29-12-8-10-27(2)20-29;1-24-8-5-10-26(18-24)22-43-31-13-4-3-12-28(31)20-40(17-16-30(39)34(41)42)21-29-32(14-7-15-33(29)45-35(36,37)38)44-23-27-11-6-9-25(2)19-27/h5-17,20-21,32H,18-19,22-25,37H2,1-4H3,(H,40,41);5-16,19-21,33H,17-18,22-25,37H2,1-4H3,(H,40,41);3-15,18-19,30H,16-17,20-23,39H2,1-2H3,(H,41,42)/t32-;33-;30-/m000/s1. The van der Waals surface area contributed by atoms with E-state index in [4.69, 9.17) is 45.6 Å². The lowest BCUT2D eigenvalue weighted by molar-refractivity contribution is -0.275. The molecule has 24 heteroatoms. The molecule has 9 N–H and O–H groups in total. The van der Waals surface area contributed by atoms with Gasteiger partial charge in [0.2, 0.25) is 0 Å². The lowest BCUT2D eigenvalue weighted by atomic mass is 10.1. The molecule has 0 amide bonds. The van der Waals surface area contributed by atoms with Gasteiger partial charge in [-0.1, -0.05) is 258 Å². The number of nitrogens with zero attached hydrogens (tertiary/aromatic N) is 5. The van der Waals surface area contributed by atoms with E-state index in [2.05, 4.69) is 156 Å². The van der Waals surface area contributed by atoms with E-state index in [1.165, 1.54) is 34.4 Å². The monoisotopic (exact) mass is 1780 g/mol. The zero-order valence-corrected chi connectivity index (χ0v) is 76.5. The number of halogens is 3. The summed E-state index contributed by atoms with van der Waals surface area (Å²) in [6, 6.07) is 85.7. The highest BCUT2D eigenvalue weighted by Crippen LogP contribution is 2.38. The molecule has 0 bridgehead atoms. The highest BCUT2D eigenvalue weighted by molar-refractivity contribution is 5.74. The summed E-state index contributed by atoms with van der Waals surface area (Å²) in [7, 11) is 8.02. The number of nitrogens with two attached hydrogens (primary N) is 3. The van der Waals surface area contributed by atoms with E-state index in [9.17, 15) is 42.9 Å². The number of anilines is 2. The molecule has 0 aromatic heterocycles. The van der Waals surface area contributed by atoms with Crippen molar-refractivity contribution < 1.29 is 76.0 Å². The van der Waals surface area contributed by atoms with Crippen LogP contribution in [-0.4, -0.2) is 120 Å². The predicted molar refractivity (Wildman–Crippen MR) is 510 cm³/mol. The maximum absolute atomic E-state index is 13.5. The van der Waals surface area contributed by atoms with Crippen molar-refractivity contribution in [1.82, 2.24) is 14.7 Å². The number of aliphatic carboxylic acids is 3. The minimum absolute atomic E-state index is 0.0477. The number of hydrogen-bond acceptors (Lipinski definition) is 18. The summed E-state index contributed by atoms with van der Waals surface area (Å²) in [5.41, 5.74) is 37.9. The largest absolute Gasteiger partial charge is 0.573 e. The van der Waals surface area contributed by atoms with Crippen LogP contribution in [-0.2, 0) is 93.3 Å². The molecule has 12 rings (SSSR count). The number of rotatable bonds is 45. The molecule has 0 unspecified atom stereocenters. The molecule has 0 spiro atoms. The van der Waals surface area contributed by atoms with Crippen LogP contribution in [0.3, 0.4) is 0 Å². The Bertz CT molecular complexity index is 5680. The van der Waals surface area contributed by atoms with E-state index in [0.717, 1.165) is 107 Å².